The molecule has 2 aromatic carbocycles. The highest BCUT2D eigenvalue weighted by molar-refractivity contribution is 7.89. The number of piperazine rings is 1. The lowest BCUT2D eigenvalue weighted by molar-refractivity contribution is -0.131. The Kier molecular flexibility index (Phi) is 6.82. The standard InChI is InChI=1S/C21H26ClN3O3S/c1-16-5-3-8-20(17(16)2)24-11-13-25(14-12-24)21(26)9-10-23-29(27,28)19-7-4-6-18(22)15-19/h3-8,15,23H,9-14H2,1-2H3. The number of rotatable bonds is 6. The van der Waals surface area contributed by atoms with Gasteiger partial charge in [0.1, 0.15) is 0 Å². The summed E-state index contributed by atoms with van der Waals surface area (Å²) in [6, 6.07) is 12.3. The summed E-state index contributed by atoms with van der Waals surface area (Å²) >= 11 is 5.85. The lowest BCUT2D eigenvalue weighted by Gasteiger charge is -2.37. The van der Waals surface area contributed by atoms with Gasteiger partial charge in [-0.2, -0.15) is 0 Å². The number of sulfonamides is 1. The minimum absolute atomic E-state index is 0.0422. The van der Waals surface area contributed by atoms with E-state index in [4.69, 9.17) is 11.6 Å². The molecule has 3 rings (SSSR count). The molecule has 8 heteroatoms. The fraction of sp³-hybridized carbons (Fsp3) is 0.381. The molecule has 0 spiro atoms. The van der Waals surface area contributed by atoms with Crippen LogP contribution in [0, 0.1) is 13.8 Å². The summed E-state index contributed by atoms with van der Waals surface area (Å²) in [6.45, 7) is 7.08. The Morgan fingerprint density at radius 3 is 2.45 bits per heavy atom. The van der Waals surface area contributed by atoms with Crippen LogP contribution >= 0.6 is 11.6 Å². The molecule has 1 heterocycles. The Morgan fingerprint density at radius 2 is 1.76 bits per heavy atom. The van der Waals surface area contributed by atoms with Gasteiger partial charge in [-0.25, -0.2) is 13.1 Å². The number of nitrogens with zero attached hydrogens (tertiary/aromatic N) is 2. The quantitative estimate of drug-likeness (QED) is 0.757. The third kappa shape index (κ3) is 5.29. The van der Waals surface area contributed by atoms with Crippen LogP contribution in [-0.4, -0.2) is 51.9 Å². The number of carbonyl (C=O) groups excluding carboxylic acids is 1. The second-order valence-electron chi connectivity index (χ2n) is 7.19. The molecule has 29 heavy (non-hydrogen) atoms. The van der Waals surface area contributed by atoms with Crippen LogP contribution in [-0.2, 0) is 14.8 Å². The van der Waals surface area contributed by atoms with Crippen LogP contribution in [0.5, 0.6) is 0 Å². The van der Waals surface area contributed by atoms with Gasteiger partial charge in [-0.3, -0.25) is 4.79 Å². The van der Waals surface area contributed by atoms with Crippen molar-refractivity contribution in [2.45, 2.75) is 25.2 Å². The van der Waals surface area contributed by atoms with E-state index in [9.17, 15) is 13.2 Å². The van der Waals surface area contributed by atoms with Crippen molar-refractivity contribution < 1.29 is 13.2 Å². The van der Waals surface area contributed by atoms with Crippen LogP contribution in [0.15, 0.2) is 47.4 Å². The Labute approximate surface area is 177 Å². The van der Waals surface area contributed by atoms with E-state index < -0.39 is 10.0 Å². The zero-order valence-electron chi connectivity index (χ0n) is 16.7. The molecule has 2 aromatic rings. The number of anilines is 1. The average Bonchev–Trinajstić information content (AvgIpc) is 2.70. The summed E-state index contributed by atoms with van der Waals surface area (Å²) in [5.74, 6) is -0.0422. The zero-order valence-corrected chi connectivity index (χ0v) is 18.3. The van der Waals surface area contributed by atoms with Crippen LogP contribution in [0.2, 0.25) is 5.02 Å². The molecule has 0 atom stereocenters. The molecule has 0 radical (unpaired) electrons. The Balaban J connectivity index is 1.49. The van der Waals surface area contributed by atoms with Gasteiger partial charge in [-0.1, -0.05) is 29.8 Å². The summed E-state index contributed by atoms with van der Waals surface area (Å²) in [7, 11) is -3.68. The molecule has 156 valence electrons. The third-order valence-corrected chi connectivity index (χ3v) is 6.98. The van der Waals surface area contributed by atoms with Crippen molar-refractivity contribution in [3.63, 3.8) is 0 Å². The molecule has 0 unspecified atom stereocenters. The highest BCUT2D eigenvalue weighted by Gasteiger charge is 2.23. The van der Waals surface area contributed by atoms with Crippen molar-refractivity contribution in [1.82, 2.24) is 9.62 Å². The van der Waals surface area contributed by atoms with E-state index in [-0.39, 0.29) is 23.8 Å². The van der Waals surface area contributed by atoms with E-state index in [1.165, 1.54) is 28.9 Å². The predicted octanol–water partition coefficient (Wildman–Crippen LogP) is 2.97. The number of amides is 1. The number of aryl methyl sites for hydroxylation is 1. The largest absolute Gasteiger partial charge is 0.368 e. The fourth-order valence-corrected chi connectivity index (χ4v) is 4.78. The lowest BCUT2D eigenvalue weighted by atomic mass is 10.1. The van der Waals surface area contributed by atoms with E-state index in [0.717, 1.165) is 13.1 Å². The van der Waals surface area contributed by atoms with Crippen molar-refractivity contribution >= 4 is 33.2 Å². The highest BCUT2D eigenvalue weighted by atomic mass is 35.5. The molecule has 0 saturated carbocycles. The monoisotopic (exact) mass is 435 g/mol. The first kappa shape index (κ1) is 21.6. The summed E-state index contributed by atoms with van der Waals surface area (Å²) in [4.78, 5) is 16.7. The third-order valence-electron chi connectivity index (χ3n) is 5.29. The molecule has 1 aliphatic rings. The number of hydrogen-bond acceptors (Lipinski definition) is 4. The second kappa shape index (κ2) is 9.15. The van der Waals surface area contributed by atoms with Crippen molar-refractivity contribution in [2.24, 2.45) is 0 Å². The Morgan fingerprint density at radius 1 is 1.07 bits per heavy atom. The SMILES string of the molecule is Cc1cccc(N2CCN(C(=O)CCNS(=O)(=O)c3cccc(Cl)c3)CC2)c1C. The molecule has 0 bridgehead atoms. The van der Waals surface area contributed by atoms with Gasteiger partial charge in [0.15, 0.2) is 0 Å². The summed E-state index contributed by atoms with van der Waals surface area (Å²) in [6.07, 6.45) is 0.128. The smallest absolute Gasteiger partial charge is 0.240 e. The summed E-state index contributed by atoms with van der Waals surface area (Å²) in [5.41, 5.74) is 3.74. The van der Waals surface area contributed by atoms with Gasteiger partial charge in [0.05, 0.1) is 4.90 Å². The van der Waals surface area contributed by atoms with Gasteiger partial charge in [-0.15, -0.1) is 0 Å². The maximum Gasteiger partial charge on any atom is 0.240 e. The van der Waals surface area contributed by atoms with Gasteiger partial charge in [0, 0.05) is 49.9 Å². The zero-order chi connectivity index (χ0) is 21.0. The van der Waals surface area contributed by atoms with Crippen LogP contribution in [0.4, 0.5) is 5.69 Å². The Bertz CT molecular complexity index is 986. The van der Waals surface area contributed by atoms with Crippen LogP contribution in [0.3, 0.4) is 0 Å². The van der Waals surface area contributed by atoms with E-state index in [1.54, 1.807) is 17.0 Å². The normalized spacial score (nSPS) is 14.9. The van der Waals surface area contributed by atoms with Gasteiger partial charge in [-0.05, 0) is 49.2 Å². The molecule has 1 saturated heterocycles. The Hall–Kier alpha value is -2.09. The van der Waals surface area contributed by atoms with Gasteiger partial charge < -0.3 is 9.80 Å². The topological polar surface area (TPSA) is 69.7 Å². The molecular weight excluding hydrogens is 410 g/mol. The van der Waals surface area contributed by atoms with Crippen molar-refractivity contribution in [2.75, 3.05) is 37.6 Å². The number of benzene rings is 2. The van der Waals surface area contributed by atoms with Gasteiger partial charge >= 0.3 is 0 Å². The second-order valence-corrected chi connectivity index (χ2v) is 9.40. The minimum Gasteiger partial charge on any atom is -0.368 e. The van der Waals surface area contributed by atoms with Crippen LogP contribution in [0.25, 0.3) is 0 Å². The van der Waals surface area contributed by atoms with Crippen molar-refractivity contribution in [1.29, 1.82) is 0 Å². The van der Waals surface area contributed by atoms with E-state index in [2.05, 4.69) is 41.7 Å². The first-order chi connectivity index (χ1) is 13.8. The average molecular weight is 436 g/mol. The first-order valence-electron chi connectivity index (χ1n) is 9.62. The van der Waals surface area contributed by atoms with Crippen LogP contribution in [0.1, 0.15) is 17.5 Å². The minimum atomic E-state index is -3.68. The number of carbonyl (C=O) groups is 1. The molecule has 1 amide bonds. The molecular formula is C21H26ClN3O3S. The lowest BCUT2D eigenvalue weighted by Crippen LogP contribution is -2.49. The van der Waals surface area contributed by atoms with E-state index in [1.807, 2.05) is 0 Å². The molecule has 0 aromatic heterocycles. The summed E-state index contributed by atoms with van der Waals surface area (Å²) in [5, 5.41) is 0.352. The van der Waals surface area contributed by atoms with Crippen molar-refractivity contribution in [3.05, 3.63) is 58.6 Å². The molecule has 0 aliphatic carbocycles. The molecule has 1 N–H and O–H groups in total. The van der Waals surface area contributed by atoms with E-state index in [0.29, 0.717) is 18.1 Å². The summed E-state index contributed by atoms with van der Waals surface area (Å²) < 4.78 is 27.1. The maximum absolute atomic E-state index is 12.5. The first-order valence-corrected chi connectivity index (χ1v) is 11.5. The number of nitrogens with one attached hydrogen (secondary N) is 1. The van der Waals surface area contributed by atoms with Gasteiger partial charge in [0.25, 0.3) is 0 Å². The highest BCUT2D eigenvalue weighted by Crippen LogP contribution is 2.24. The molecule has 1 fully saturated rings. The maximum atomic E-state index is 12.5. The van der Waals surface area contributed by atoms with Gasteiger partial charge in [0.2, 0.25) is 15.9 Å². The van der Waals surface area contributed by atoms with Crippen LogP contribution < -0.4 is 9.62 Å². The molecule has 6 nitrogen and oxygen atoms in total. The predicted molar refractivity (Wildman–Crippen MR) is 116 cm³/mol. The molecule has 1 aliphatic heterocycles. The number of halogens is 1. The van der Waals surface area contributed by atoms with E-state index >= 15 is 0 Å². The van der Waals surface area contributed by atoms with Crippen molar-refractivity contribution in [3.8, 4) is 0 Å². The fourth-order valence-electron chi connectivity index (χ4n) is 3.44. The number of hydrogen-bond donors (Lipinski definition) is 1.